The number of para-hydroxylation sites is 1. The molecule has 3 aliphatic rings. The van der Waals surface area contributed by atoms with Crippen LogP contribution in [0.4, 0.5) is 0 Å². The van der Waals surface area contributed by atoms with Gasteiger partial charge in [0.1, 0.15) is 12.4 Å². The van der Waals surface area contributed by atoms with Crippen molar-refractivity contribution in [2.24, 2.45) is 11.8 Å². The van der Waals surface area contributed by atoms with Gasteiger partial charge in [0, 0.05) is 50.4 Å². The minimum absolute atomic E-state index is 0.110. The molecule has 2 saturated heterocycles. The number of ether oxygens (including phenoxy) is 3. The van der Waals surface area contributed by atoms with Gasteiger partial charge in [0.15, 0.2) is 0 Å². The minimum atomic E-state index is 0.110. The molecule has 1 N–H and O–H groups in total. The third-order valence-electron chi connectivity index (χ3n) is 6.02. The van der Waals surface area contributed by atoms with Gasteiger partial charge >= 0.3 is 0 Å². The number of rotatable bonds is 4. The SMILES string of the molecule is O=C(CN1CCOc2ccccc2C1)N[C@@H]1CCOC[C@@H]1C1CCOCC1. The Labute approximate surface area is 161 Å². The molecule has 148 valence electrons. The highest BCUT2D eigenvalue weighted by molar-refractivity contribution is 5.78. The smallest absolute Gasteiger partial charge is 0.234 e. The summed E-state index contributed by atoms with van der Waals surface area (Å²) in [6.07, 6.45) is 3.04. The molecule has 0 aliphatic carbocycles. The van der Waals surface area contributed by atoms with E-state index in [1.54, 1.807) is 0 Å². The average Bonchev–Trinajstić information content (AvgIpc) is 2.90. The fourth-order valence-corrected chi connectivity index (χ4v) is 4.52. The molecule has 0 bridgehead atoms. The van der Waals surface area contributed by atoms with Gasteiger partial charge in [-0.1, -0.05) is 18.2 Å². The second kappa shape index (κ2) is 9.04. The summed E-state index contributed by atoms with van der Waals surface area (Å²) in [5.74, 6) is 2.03. The monoisotopic (exact) mass is 374 g/mol. The Morgan fingerprint density at radius 1 is 1.07 bits per heavy atom. The molecule has 2 fully saturated rings. The number of nitrogens with one attached hydrogen (secondary N) is 1. The van der Waals surface area contributed by atoms with E-state index >= 15 is 0 Å². The van der Waals surface area contributed by atoms with Crippen LogP contribution in [-0.4, -0.2) is 63.0 Å². The molecule has 1 aromatic rings. The van der Waals surface area contributed by atoms with Crippen LogP contribution in [0.3, 0.4) is 0 Å². The Kier molecular flexibility index (Phi) is 6.27. The van der Waals surface area contributed by atoms with Gasteiger partial charge in [-0.2, -0.15) is 0 Å². The standard InChI is InChI=1S/C21H30N2O4/c24-21(14-23-8-12-27-20-4-2-1-3-17(20)13-23)22-19-7-11-26-15-18(19)16-5-9-25-10-6-16/h1-4,16,18-19H,5-15H2,(H,22,24)/t18-,19-/m1/s1. The molecular formula is C21H30N2O4. The summed E-state index contributed by atoms with van der Waals surface area (Å²) in [7, 11) is 0. The summed E-state index contributed by atoms with van der Waals surface area (Å²) in [5, 5.41) is 3.32. The summed E-state index contributed by atoms with van der Waals surface area (Å²) < 4.78 is 17.0. The summed E-state index contributed by atoms with van der Waals surface area (Å²) >= 11 is 0. The molecular weight excluding hydrogens is 344 g/mol. The third kappa shape index (κ3) is 4.81. The van der Waals surface area contributed by atoms with Gasteiger partial charge < -0.3 is 19.5 Å². The van der Waals surface area contributed by atoms with Crippen molar-refractivity contribution in [1.82, 2.24) is 10.2 Å². The number of amides is 1. The van der Waals surface area contributed by atoms with Crippen LogP contribution in [0.5, 0.6) is 5.75 Å². The fraction of sp³-hybridized carbons (Fsp3) is 0.667. The number of carbonyl (C=O) groups excluding carboxylic acids is 1. The molecule has 0 spiro atoms. The van der Waals surface area contributed by atoms with Crippen molar-refractivity contribution >= 4 is 5.91 Å². The predicted molar refractivity (Wildman–Crippen MR) is 102 cm³/mol. The summed E-state index contributed by atoms with van der Waals surface area (Å²) in [4.78, 5) is 14.9. The van der Waals surface area contributed by atoms with Crippen molar-refractivity contribution in [2.75, 3.05) is 46.1 Å². The summed E-state index contributed by atoms with van der Waals surface area (Å²) in [5.41, 5.74) is 1.15. The molecule has 27 heavy (non-hydrogen) atoms. The van der Waals surface area contributed by atoms with Crippen molar-refractivity contribution < 1.29 is 19.0 Å². The van der Waals surface area contributed by atoms with Crippen molar-refractivity contribution in [3.8, 4) is 5.75 Å². The van der Waals surface area contributed by atoms with Crippen LogP contribution in [0.1, 0.15) is 24.8 Å². The van der Waals surface area contributed by atoms with E-state index in [9.17, 15) is 4.79 Å². The van der Waals surface area contributed by atoms with E-state index in [1.807, 2.05) is 18.2 Å². The van der Waals surface area contributed by atoms with Gasteiger partial charge in [-0.3, -0.25) is 9.69 Å². The molecule has 3 aliphatic heterocycles. The largest absolute Gasteiger partial charge is 0.492 e. The van der Waals surface area contributed by atoms with Gasteiger partial charge in [-0.25, -0.2) is 0 Å². The van der Waals surface area contributed by atoms with E-state index in [-0.39, 0.29) is 11.9 Å². The molecule has 0 unspecified atom stereocenters. The van der Waals surface area contributed by atoms with Crippen LogP contribution >= 0.6 is 0 Å². The first-order valence-corrected chi connectivity index (χ1v) is 10.2. The second-order valence-electron chi connectivity index (χ2n) is 7.82. The normalized spacial score (nSPS) is 27.3. The number of hydrogen-bond donors (Lipinski definition) is 1. The van der Waals surface area contributed by atoms with Crippen LogP contribution in [0.2, 0.25) is 0 Å². The highest BCUT2D eigenvalue weighted by atomic mass is 16.5. The molecule has 2 atom stereocenters. The van der Waals surface area contributed by atoms with Gasteiger partial charge in [0.2, 0.25) is 5.91 Å². The lowest BCUT2D eigenvalue weighted by Gasteiger charge is -2.39. The number of hydrogen-bond acceptors (Lipinski definition) is 5. The molecule has 0 saturated carbocycles. The van der Waals surface area contributed by atoms with Gasteiger partial charge in [-0.05, 0) is 31.2 Å². The van der Waals surface area contributed by atoms with Crippen LogP contribution in [-0.2, 0) is 20.8 Å². The first-order valence-electron chi connectivity index (χ1n) is 10.2. The van der Waals surface area contributed by atoms with Crippen LogP contribution in [0, 0.1) is 11.8 Å². The minimum Gasteiger partial charge on any atom is -0.492 e. The average molecular weight is 374 g/mol. The van der Waals surface area contributed by atoms with Crippen LogP contribution in [0.25, 0.3) is 0 Å². The van der Waals surface area contributed by atoms with Crippen molar-refractivity contribution in [3.05, 3.63) is 29.8 Å². The van der Waals surface area contributed by atoms with Crippen LogP contribution in [0.15, 0.2) is 24.3 Å². The zero-order chi connectivity index (χ0) is 18.5. The molecule has 3 heterocycles. The lowest BCUT2D eigenvalue weighted by molar-refractivity contribution is -0.125. The lowest BCUT2D eigenvalue weighted by atomic mass is 9.79. The van der Waals surface area contributed by atoms with E-state index < -0.39 is 0 Å². The molecule has 6 nitrogen and oxygen atoms in total. The third-order valence-corrected chi connectivity index (χ3v) is 6.02. The number of nitrogens with zero attached hydrogens (tertiary/aromatic N) is 1. The van der Waals surface area contributed by atoms with E-state index in [1.165, 1.54) is 0 Å². The predicted octanol–water partition coefficient (Wildman–Crippen LogP) is 1.83. The molecule has 4 rings (SSSR count). The van der Waals surface area contributed by atoms with E-state index in [0.717, 1.165) is 70.1 Å². The zero-order valence-corrected chi connectivity index (χ0v) is 15.9. The van der Waals surface area contributed by atoms with Gasteiger partial charge in [0.05, 0.1) is 13.2 Å². The molecule has 1 aromatic carbocycles. The van der Waals surface area contributed by atoms with Crippen molar-refractivity contribution in [2.45, 2.75) is 31.8 Å². The Hall–Kier alpha value is -1.63. The van der Waals surface area contributed by atoms with Crippen LogP contribution < -0.4 is 10.1 Å². The number of carbonyl (C=O) groups is 1. The Balaban J connectivity index is 1.33. The maximum Gasteiger partial charge on any atom is 0.234 e. The quantitative estimate of drug-likeness (QED) is 0.871. The Morgan fingerprint density at radius 2 is 1.89 bits per heavy atom. The first kappa shape index (κ1) is 18.7. The first-order chi connectivity index (χ1) is 13.3. The summed E-state index contributed by atoms with van der Waals surface area (Å²) in [6.45, 7) is 5.68. The fourth-order valence-electron chi connectivity index (χ4n) is 4.52. The molecule has 6 heteroatoms. The maximum atomic E-state index is 12.8. The Bertz CT molecular complexity index is 632. The van der Waals surface area contributed by atoms with Crippen molar-refractivity contribution in [3.63, 3.8) is 0 Å². The van der Waals surface area contributed by atoms with E-state index in [4.69, 9.17) is 14.2 Å². The summed E-state index contributed by atoms with van der Waals surface area (Å²) in [6, 6.07) is 8.30. The number of fused-ring (bicyclic) bond motifs is 1. The van der Waals surface area contributed by atoms with E-state index in [2.05, 4.69) is 16.3 Å². The highest BCUT2D eigenvalue weighted by Crippen LogP contribution is 2.30. The van der Waals surface area contributed by atoms with Crippen molar-refractivity contribution in [1.29, 1.82) is 0 Å². The Morgan fingerprint density at radius 3 is 2.78 bits per heavy atom. The van der Waals surface area contributed by atoms with Gasteiger partial charge in [-0.15, -0.1) is 0 Å². The highest BCUT2D eigenvalue weighted by Gasteiger charge is 2.34. The molecule has 0 radical (unpaired) electrons. The zero-order valence-electron chi connectivity index (χ0n) is 15.9. The number of benzene rings is 1. The lowest BCUT2D eigenvalue weighted by Crippen LogP contribution is -2.51. The topological polar surface area (TPSA) is 60.0 Å². The maximum absolute atomic E-state index is 12.8. The van der Waals surface area contributed by atoms with Gasteiger partial charge in [0.25, 0.3) is 0 Å². The van der Waals surface area contributed by atoms with E-state index in [0.29, 0.717) is 25.0 Å². The molecule has 0 aromatic heterocycles. The second-order valence-corrected chi connectivity index (χ2v) is 7.82. The molecule has 1 amide bonds.